The van der Waals surface area contributed by atoms with Crippen molar-refractivity contribution in [1.82, 2.24) is 9.38 Å². The summed E-state index contributed by atoms with van der Waals surface area (Å²) in [4.78, 5) is 40.8. The predicted octanol–water partition coefficient (Wildman–Crippen LogP) is 2.58. The van der Waals surface area contributed by atoms with E-state index in [4.69, 9.17) is 0 Å². The largest absolute Gasteiger partial charge is 0.322 e. The molecule has 0 radical (unpaired) electrons. The fourth-order valence-corrected chi connectivity index (χ4v) is 3.09. The molecule has 0 bridgehead atoms. The smallest absolute Gasteiger partial charge is 0.271 e. The third kappa shape index (κ3) is 3.24. The van der Waals surface area contributed by atoms with E-state index >= 15 is 0 Å². The maximum absolute atomic E-state index is 13.8. The summed E-state index contributed by atoms with van der Waals surface area (Å²) in [6.45, 7) is 5.03. The van der Waals surface area contributed by atoms with Gasteiger partial charge in [0.15, 0.2) is 4.96 Å². The van der Waals surface area contributed by atoms with Crippen LogP contribution in [0.15, 0.2) is 47.2 Å². The Morgan fingerprint density at radius 2 is 2.12 bits per heavy atom. The molecule has 3 rings (SSSR count). The molecule has 2 heterocycles. The molecule has 0 fully saturated rings. The molecule has 1 aromatic carbocycles. The topological polar surface area (TPSA) is 92.6 Å². The molecular weight excluding hydrogens is 359 g/mol. The van der Waals surface area contributed by atoms with Gasteiger partial charge in [0.25, 0.3) is 11.5 Å². The van der Waals surface area contributed by atoms with Crippen molar-refractivity contribution >= 4 is 39.5 Å². The van der Waals surface area contributed by atoms with Crippen LogP contribution in [0.4, 0.5) is 15.8 Å². The number of nitrogens with one attached hydrogen (secondary N) is 2. The fraction of sp³-hybridized carbons (Fsp3) is 0.0588. The lowest BCUT2D eigenvalue weighted by atomic mass is 10.2. The average Bonchev–Trinajstić information content (AvgIpc) is 2.99. The highest BCUT2D eigenvalue weighted by Gasteiger charge is 2.16. The molecule has 0 atom stereocenters. The van der Waals surface area contributed by atoms with E-state index < -0.39 is 23.2 Å². The zero-order valence-corrected chi connectivity index (χ0v) is 14.4. The highest BCUT2D eigenvalue weighted by Crippen LogP contribution is 2.20. The Bertz CT molecular complexity index is 1100. The van der Waals surface area contributed by atoms with Gasteiger partial charge in [-0.1, -0.05) is 6.58 Å². The van der Waals surface area contributed by atoms with Gasteiger partial charge in [-0.05, 0) is 31.2 Å². The van der Waals surface area contributed by atoms with Crippen LogP contribution in [0.5, 0.6) is 0 Å². The Kier molecular flexibility index (Phi) is 4.63. The second-order valence-electron chi connectivity index (χ2n) is 5.31. The van der Waals surface area contributed by atoms with E-state index in [9.17, 15) is 18.8 Å². The molecule has 7 nitrogen and oxygen atoms in total. The Morgan fingerprint density at radius 3 is 2.85 bits per heavy atom. The highest BCUT2D eigenvalue weighted by molar-refractivity contribution is 7.15. The normalized spacial score (nSPS) is 10.5. The van der Waals surface area contributed by atoms with Crippen LogP contribution in [0.1, 0.15) is 16.1 Å². The third-order valence-electron chi connectivity index (χ3n) is 3.53. The number of amides is 2. The van der Waals surface area contributed by atoms with Crippen molar-refractivity contribution in [3.63, 3.8) is 0 Å². The molecule has 0 saturated carbocycles. The van der Waals surface area contributed by atoms with Crippen molar-refractivity contribution in [3.8, 4) is 0 Å². The van der Waals surface area contributed by atoms with E-state index in [1.807, 2.05) is 0 Å². The Morgan fingerprint density at radius 1 is 1.35 bits per heavy atom. The summed E-state index contributed by atoms with van der Waals surface area (Å²) in [5.74, 6) is -1.95. The molecule has 0 aliphatic rings. The fourth-order valence-electron chi connectivity index (χ4n) is 2.26. The summed E-state index contributed by atoms with van der Waals surface area (Å²) in [7, 11) is 0. The lowest BCUT2D eigenvalue weighted by molar-refractivity contribution is -0.111. The van der Waals surface area contributed by atoms with Crippen molar-refractivity contribution in [3.05, 3.63) is 69.9 Å². The zero-order chi connectivity index (χ0) is 18.8. The van der Waals surface area contributed by atoms with Crippen LogP contribution in [-0.2, 0) is 4.79 Å². The monoisotopic (exact) mass is 372 g/mol. The van der Waals surface area contributed by atoms with Crippen LogP contribution >= 0.6 is 11.3 Å². The molecule has 0 spiro atoms. The molecule has 0 saturated heterocycles. The molecular formula is C17H13FN4O3S. The van der Waals surface area contributed by atoms with Crippen LogP contribution < -0.4 is 16.2 Å². The Hall–Kier alpha value is -3.33. The quantitative estimate of drug-likeness (QED) is 0.689. The summed E-state index contributed by atoms with van der Waals surface area (Å²) in [6, 6.07) is 3.65. The molecule has 26 heavy (non-hydrogen) atoms. The van der Waals surface area contributed by atoms with Gasteiger partial charge >= 0.3 is 0 Å². The van der Waals surface area contributed by atoms with Gasteiger partial charge in [0.2, 0.25) is 5.91 Å². The molecule has 0 aliphatic carbocycles. The number of halogens is 1. The molecule has 2 N–H and O–H groups in total. The molecule has 132 valence electrons. The van der Waals surface area contributed by atoms with Gasteiger partial charge in [-0.25, -0.2) is 9.37 Å². The predicted molar refractivity (Wildman–Crippen MR) is 97.3 cm³/mol. The number of carbonyl (C=O) groups excluding carboxylic acids is 2. The molecule has 3 aromatic rings. The van der Waals surface area contributed by atoms with Gasteiger partial charge in [-0.2, -0.15) is 0 Å². The average molecular weight is 372 g/mol. The van der Waals surface area contributed by atoms with Gasteiger partial charge in [-0.3, -0.25) is 18.8 Å². The van der Waals surface area contributed by atoms with Crippen molar-refractivity contribution in [2.75, 3.05) is 10.6 Å². The second kappa shape index (κ2) is 6.89. The van der Waals surface area contributed by atoms with E-state index in [2.05, 4.69) is 22.2 Å². The summed E-state index contributed by atoms with van der Waals surface area (Å²) < 4.78 is 15.1. The zero-order valence-electron chi connectivity index (χ0n) is 13.6. The minimum atomic E-state index is -0.685. The summed E-state index contributed by atoms with van der Waals surface area (Å²) >= 11 is 1.29. The first-order valence-electron chi connectivity index (χ1n) is 7.41. The number of hydrogen-bond donors (Lipinski definition) is 2. The standard InChI is InChI=1S/C17H13FN4O3S/c1-3-14(23)21-13-6-10(4-5-12(13)18)20-15(24)11-7-19-17-22(16(11)25)9(2)8-26-17/h3-8H,1H2,2H3,(H,20,24)(H,21,23). The van der Waals surface area contributed by atoms with Crippen LogP contribution in [0, 0.1) is 12.7 Å². The number of anilines is 2. The number of aromatic nitrogens is 2. The van der Waals surface area contributed by atoms with Gasteiger partial charge in [-0.15, -0.1) is 11.3 Å². The van der Waals surface area contributed by atoms with Gasteiger partial charge in [0.1, 0.15) is 11.4 Å². The van der Waals surface area contributed by atoms with E-state index in [1.165, 1.54) is 34.1 Å². The lowest BCUT2D eigenvalue weighted by Crippen LogP contribution is -2.26. The number of aryl methyl sites for hydroxylation is 1. The first-order valence-corrected chi connectivity index (χ1v) is 8.29. The number of benzene rings is 1. The van der Waals surface area contributed by atoms with E-state index in [0.717, 1.165) is 12.1 Å². The van der Waals surface area contributed by atoms with Gasteiger partial charge in [0, 0.05) is 23.0 Å². The summed E-state index contributed by atoms with van der Waals surface area (Å²) in [5, 5.41) is 6.56. The maximum atomic E-state index is 13.8. The first-order chi connectivity index (χ1) is 12.4. The minimum Gasteiger partial charge on any atom is -0.322 e. The number of hydrogen-bond acceptors (Lipinski definition) is 5. The van der Waals surface area contributed by atoms with Crippen LogP contribution in [0.25, 0.3) is 4.96 Å². The number of thiazole rings is 1. The summed E-state index contributed by atoms with van der Waals surface area (Å²) in [5.41, 5.74) is 0.126. The van der Waals surface area contributed by atoms with Crippen molar-refractivity contribution in [2.45, 2.75) is 6.92 Å². The molecule has 2 aromatic heterocycles. The number of rotatable bonds is 4. The number of fused-ring (bicyclic) bond motifs is 1. The van der Waals surface area contributed by atoms with Crippen molar-refractivity contribution < 1.29 is 14.0 Å². The SMILES string of the molecule is C=CC(=O)Nc1cc(NC(=O)c2cnc3scc(C)n3c2=O)ccc1F. The molecule has 0 unspecified atom stereocenters. The van der Waals surface area contributed by atoms with Crippen LogP contribution in [-0.4, -0.2) is 21.2 Å². The molecule has 2 amide bonds. The maximum Gasteiger partial charge on any atom is 0.271 e. The van der Waals surface area contributed by atoms with E-state index in [1.54, 1.807) is 12.3 Å². The highest BCUT2D eigenvalue weighted by atomic mass is 32.1. The molecule has 0 aliphatic heterocycles. The van der Waals surface area contributed by atoms with Crippen LogP contribution in [0.3, 0.4) is 0 Å². The second-order valence-corrected chi connectivity index (χ2v) is 6.15. The number of nitrogens with zero attached hydrogens (tertiary/aromatic N) is 2. The Labute approximate surface area is 150 Å². The van der Waals surface area contributed by atoms with Crippen LogP contribution in [0.2, 0.25) is 0 Å². The van der Waals surface area contributed by atoms with E-state index in [0.29, 0.717) is 10.7 Å². The number of carbonyl (C=O) groups is 2. The molecule has 9 heteroatoms. The first kappa shape index (κ1) is 17.5. The lowest BCUT2D eigenvalue weighted by Gasteiger charge is -2.09. The van der Waals surface area contributed by atoms with Gasteiger partial charge < -0.3 is 10.6 Å². The van der Waals surface area contributed by atoms with E-state index in [-0.39, 0.29) is 16.9 Å². The van der Waals surface area contributed by atoms with Crippen molar-refractivity contribution in [2.24, 2.45) is 0 Å². The summed E-state index contributed by atoms with van der Waals surface area (Å²) in [6.07, 6.45) is 2.20. The minimum absolute atomic E-state index is 0.119. The Balaban J connectivity index is 1.91. The van der Waals surface area contributed by atoms with Gasteiger partial charge in [0.05, 0.1) is 5.69 Å². The third-order valence-corrected chi connectivity index (χ3v) is 4.49. The van der Waals surface area contributed by atoms with Crippen molar-refractivity contribution in [1.29, 1.82) is 0 Å².